The molecule has 8 heteroatoms. The zero-order valence-electron chi connectivity index (χ0n) is 13.5. The van der Waals surface area contributed by atoms with Crippen molar-refractivity contribution >= 4 is 57.8 Å². The number of likely N-dealkylation sites (N-methyl/N-ethyl adjacent to an activating group) is 1. The lowest BCUT2D eigenvalue weighted by Crippen LogP contribution is -2.28. The minimum absolute atomic E-state index is 0.104. The Hall–Kier alpha value is -2.02. The van der Waals surface area contributed by atoms with Crippen LogP contribution >= 0.6 is 35.0 Å². The quantitative estimate of drug-likeness (QED) is 0.683. The van der Waals surface area contributed by atoms with Crippen LogP contribution in [0.5, 0.6) is 5.75 Å². The first-order valence-electron chi connectivity index (χ1n) is 7.62. The Bertz CT molecular complexity index is 906. The fourth-order valence-electron chi connectivity index (χ4n) is 2.32. The van der Waals surface area contributed by atoms with E-state index in [1.165, 1.54) is 40.9 Å². The van der Waals surface area contributed by atoms with Gasteiger partial charge in [0.1, 0.15) is 5.82 Å². The summed E-state index contributed by atoms with van der Waals surface area (Å²) in [4.78, 5) is 19.0. The smallest absolute Gasteiger partial charge is 0.266 e. The monoisotopic (exact) mass is 410 g/mol. The van der Waals surface area contributed by atoms with Crippen LogP contribution in [0.15, 0.2) is 46.3 Å². The maximum absolute atomic E-state index is 13.0. The van der Waals surface area contributed by atoms with Crippen LogP contribution in [0.25, 0.3) is 6.08 Å². The van der Waals surface area contributed by atoms with Crippen molar-refractivity contribution in [2.75, 3.05) is 6.54 Å². The van der Waals surface area contributed by atoms with Crippen LogP contribution in [0, 0.1) is 5.82 Å². The van der Waals surface area contributed by atoms with Gasteiger partial charge in [0.05, 0.1) is 20.6 Å². The zero-order chi connectivity index (χ0) is 18.8. The van der Waals surface area contributed by atoms with E-state index in [9.17, 15) is 14.3 Å². The predicted octanol–water partition coefficient (Wildman–Crippen LogP) is 5.46. The average molecular weight is 411 g/mol. The Labute approximate surface area is 163 Å². The maximum atomic E-state index is 13.0. The Morgan fingerprint density at radius 3 is 2.42 bits per heavy atom. The number of carbonyl (C=O) groups is 1. The van der Waals surface area contributed by atoms with Crippen molar-refractivity contribution in [2.24, 2.45) is 4.99 Å². The largest absolute Gasteiger partial charge is 0.505 e. The first-order valence-corrected chi connectivity index (χ1v) is 9.20. The Kier molecular flexibility index (Phi) is 5.55. The highest BCUT2D eigenvalue weighted by molar-refractivity contribution is 8.18. The first-order chi connectivity index (χ1) is 12.4. The van der Waals surface area contributed by atoms with E-state index in [0.717, 1.165) is 0 Å². The Morgan fingerprint density at radius 2 is 1.85 bits per heavy atom. The van der Waals surface area contributed by atoms with Crippen molar-refractivity contribution < 1.29 is 14.3 Å². The summed E-state index contributed by atoms with van der Waals surface area (Å²) in [5.41, 5.74) is 1.14. The molecule has 0 radical (unpaired) electrons. The molecule has 1 saturated heterocycles. The summed E-state index contributed by atoms with van der Waals surface area (Å²) in [5.74, 6) is -0.744. The van der Waals surface area contributed by atoms with Gasteiger partial charge in [-0.25, -0.2) is 9.38 Å². The molecule has 1 aliphatic heterocycles. The van der Waals surface area contributed by atoms with Gasteiger partial charge in [-0.15, -0.1) is 0 Å². The van der Waals surface area contributed by atoms with E-state index in [2.05, 4.69) is 4.99 Å². The Balaban J connectivity index is 1.95. The molecule has 2 aromatic carbocycles. The molecule has 0 unspecified atom stereocenters. The number of rotatable bonds is 3. The second-order valence-electron chi connectivity index (χ2n) is 5.36. The molecule has 3 rings (SSSR count). The molecule has 1 amide bonds. The number of aromatic hydroxyl groups is 1. The van der Waals surface area contributed by atoms with E-state index in [4.69, 9.17) is 23.2 Å². The molecule has 0 saturated carbocycles. The predicted molar refractivity (Wildman–Crippen MR) is 105 cm³/mol. The fourth-order valence-corrected chi connectivity index (χ4v) is 3.88. The number of phenols is 1. The van der Waals surface area contributed by atoms with Gasteiger partial charge in [-0.1, -0.05) is 23.2 Å². The number of aliphatic imine (C=N–C) groups is 1. The molecule has 4 nitrogen and oxygen atoms in total. The van der Waals surface area contributed by atoms with Gasteiger partial charge in [-0.05, 0) is 66.7 Å². The summed E-state index contributed by atoms with van der Waals surface area (Å²) in [6, 6.07) is 8.76. The molecule has 2 aromatic rings. The van der Waals surface area contributed by atoms with Crippen molar-refractivity contribution in [3.05, 3.63) is 62.7 Å². The number of carbonyl (C=O) groups excluding carboxylic acids is 1. The molecule has 134 valence electrons. The molecule has 1 aliphatic rings. The number of amidine groups is 1. The standard InChI is InChI=1S/C18H13Cl2FN2O2S/c1-2-23-17(25)15(9-10-7-13(19)16(24)14(20)8-10)26-18(23)22-12-5-3-11(21)4-6-12/h3-9,24H,2H2,1H3/b15-9+,22-18?. The minimum Gasteiger partial charge on any atom is -0.505 e. The van der Waals surface area contributed by atoms with E-state index in [1.807, 2.05) is 6.92 Å². The molecule has 1 fully saturated rings. The zero-order valence-corrected chi connectivity index (χ0v) is 15.9. The SMILES string of the molecule is CCN1C(=O)/C(=C\c2cc(Cl)c(O)c(Cl)c2)SC1=Nc1ccc(F)cc1. The van der Waals surface area contributed by atoms with Gasteiger partial charge in [-0.3, -0.25) is 9.69 Å². The minimum atomic E-state index is -0.349. The van der Waals surface area contributed by atoms with E-state index in [-0.39, 0.29) is 27.5 Å². The summed E-state index contributed by atoms with van der Waals surface area (Å²) in [6.45, 7) is 2.29. The highest BCUT2D eigenvalue weighted by atomic mass is 35.5. The van der Waals surface area contributed by atoms with Gasteiger partial charge in [0.15, 0.2) is 10.9 Å². The Morgan fingerprint density at radius 1 is 1.23 bits per heavy atom. The summed E-state index contributed by atoms with van der Waals surface area (Å²) in [7, 11) is 0. The van der Waals surface area contributed by atoms with Crippen molar-refractivity contribution in [2.45, 2.75) is 6.92 Å². The molecule has 0 aliphatic carbocycles. The number of hydrogen-bond donors (Lipinski definition) is 1. The maximum Gasteiger partial charge on any atom is 0.266 e. The average Bonchev–Trinajstić information content (AvgIpc) is 2.89. The van der Waals surface area contributed by atoms with Crippen molar-refractivity contribution in [3.63, 3.8) is 0 Å². The lowest BCUT2D eigenvalue weighted by molar-refractivity contribution is -0.122. The number of halogens is 3. The first kappa shape index (κ1) is 18.8. The van der Waals surface area contributed by atoms with Gasteiger partial charge in [0, 0.05) is 6.54 Å². The fraction of sp³-hybridized carbons (Fsp3) is 0.111. The van der Waals surface area contributed by atoms with Gasteiger partial charge >= 0.3 is 0 Å². The van der Waals surface area contributed by atoms with Crippen molar-refractivity contribution in [1.82, 2.24) is 4.90 Å². The van der Waals surface area contributed by atoms with Gasteiger partial charge < -0.3 is 5.11 Å². The number of amides is 1. The number of phenolic OH excluding ortho intramolecular Hbond substituents is 1. The van der Waals surface area contributed by atoms with Gasteiger partial charge in [0.2, 0.25) is 0 Å². The van der Waals surface area contributed by atoms with Crippen LogP contribution in [0.3, 0.4) is 0 Å². The molecule has 1 heterocycles. The van der Waals surface area contributed by atoms with E-state index >= 15 is 0 Å². The van der Waals surface area contributed by atoms with E-state index in [1.54, 1.807) is 18.2 Å². The number of thioether (sulfide) groups is 1. The molecule has 0 spiro atoms. The third-order valence-corrected chi connectivity index (χ3v) is 5.18. The van der Waals surface area contributed by atoms with E-state index < -0.39 is 0 Å². The van der Waals surface area contributed by atoms with Crippen LogP contribution in [-0.4, -0.2) is 27.6 Å². The third kappa shape index (κ3) is 3.87. The van der Waals surface area contributed by atoms with Crippen LogP contribution in [-0.2, 0) is 4.79 Å². The normalized spacial score (nSPS) is 17.5. The molecule has 26 heavy (non-hydrogen) atoms. The highest BCUT2D eigenvalue weighted by Crippen LogP contribution is 2.37. The van der Waals surface area contributed by atoms with Crippen LogP contribution < -0.4 is 0 Å². The molecule has 0 atom stereocenters. The second kappa shape index (κ2) is 7.70. The van der Waals surface area contributed by atoms with Crippen LogP contribution in [0.1, 0.15) is 12.5 Å². The number of nitrogens with zero attached hydrogens (tertiary/aromatic N) is 2. The van der Waals surface area contributed by atoms with Crippen LogP contribution in [0.4, 0.5) is 10.1 Å². The topological polar surface area (TPSA) is 52.9 Å². The lowest BCUT2D eigenvalue weighted by Gasteiger charge is -2.11. The van der Waals surface area contributed by atoms with Gasteiger partial charge in [0.25, 0.3) is 5.91 Å². The number of benzene rings is 2. The summed E-state index contributed by atoms with van der Waals surface area (Å²) in [6.07, 6.45) is 1.64. The van der Waals surface area contributed by atoms with E-state index in [0.29, 0.717) is 27.9 Å². The third-order valence-electron chi connectivity index (χ3n) is 3.59. The summed E-state index contributed by atoms with van der Waals surface area (Å²) < 4.78 is 13.0. The van der Waals surface area contributed by atoms with Gasteiger partial charge in [-0.2, -0.15) is 0 Å². The summed E-state index contributed by atoms with van der Waals surface area (Å²) >= 11 is 13.1. The highest BCUT2D eigenvalue weighted by Gasteiger charge is 2.32. The summed E-state index contributed by atoms with van der Waals surface area (Å²) in [5, 5.41) is 10.4. The molecule has 1 N–H and O–H groups in total. The molecular formula is C18H13Cl2FN2O2S. The molecule has 0 bridgehead atoms. The molecular weight excluding hydrogens is 398 g/mol. The number of hydrogen-bond acceptors (Lipinski definition) is 4. The lowest BCUT2D eigenvalue weighted by atomic mass is 10.2. The molecule has 0 aromatic heterocycles. The second-order valence-corrected chi connectivity index (χ2v) is 7.19. The van der Waals surface area contributed by atoms with Crippen molar-refractivity contribution in [3.8, 4) is 5.75 Å². The van der Waals surface area contributed by atoms with Crippen molar-refractivity contribution in [1.29, 1.82) is 0 Å². The van der Waals surface area contributed by atoms with Crippen LogP contribution in [0.2, 0.25) is 10.0 Å².